The second-order valence-corrected chi connectivity index (χ2v) is 15.3. The standard InChI is InChI=1S/C48H28S2/c1-2-10-30(11-3-1)44-36-13-4-6-15-38(36)45(39-16-7-5-14-37(39)44)31-20-18-29(19-21-31)32-22-24-34-33(28-32)23-25-41-46-43(50-47(34)41)27-26-40-35-12-8-9-17-42(35)49-48(40)46/h1-28H. The summed E-state index contributed by atoms with van der Waals surface area (Å²) in [6.45, 7) is 0. The van der Waals surface area contributed by atoms with Gasteiger partial charge in [-0.1, -0.05) is 152 Å². The number of benzene rings is 9. The van der Waals surface area contributed by atoms with Gasteiger partial charge >= 0.3 is 0 Å². The fraction of sp³-hybridized carbons (Fsp3) is 0. The van der Waals surface area contributed by atoms with E-state index in [4.69, 9.17) is 0 Å². The Morgan fingerprint density at radius 1 is 0.280 bits per heavy atom. The topological polar surface area (TPSA) is 0 Å². The van der Waals surface area contributed by atoms with Gasteiger partial charge in [-0.25, -0.2) is 0 Å². The van der Waals surface area contributed by atoms with Crippen LogP contribution >= 0.6 is 22.7 Å². The Morgan fingerprint density at radius 2 is 0.800 bits per heavy atom. The Morgan fingerprint density at radius 3 is 1.50 bits per heavy atom. The summed E-state index contributed by atoms with van der Waals surface area (Å²) in [6, 6.07) is 62.9. The highest BCUT2D eigenvalue weighted by molar-refractivity contribution is 7.30. The molecule has 0 atom stereocenters. The van der Waals surface area contributed by atoms with Crippen molar-refractivity contribution in [1.29, 1.82) is 0 Å². The van der Waals surface area contributed by atoms with Crippen molar-refractivity contribution in [3.8, 4) is 33.4 Å². The van der Waals surface area contributed by atoms with Crippen molar-refractivity contribution in [2.45, 2.75) is 0 Å². The van der Waals surface area contributed by atoms with Crippen LogP contribution in [0.25, 0.3) is 106 Å². The lowest BCUT2D eigenvalue weighted by Crippen LogP contribution is -1.90. The summed E-state index contributed by atoms with van der Waals surface area (Å²) in [5.74, 6) is 0. The van der Waals surface area contributed by atoms with Crippen LogP contribution in [0.15, 0.2) is 170 Å². The first-order valence-corrected chi connectivity index (χ1v) is 18.7. The zero-order valence-electron chi connectivity index (χ0n) is 27.0. The van der Waals surface area contributed by atoms with E-state index in [2.05, 4.69) is 170 Å². The van der Waals surface area contributed by atoms with Gasteiger partial charge in [-0.3, -0.25) is 0 Å². The van der Waals surface area contributed by atoms with E-state index in [-0.39, 0.29) is 0 Å². The number of rotatable bonds is 3. The van der Waals surface area contributed by atoms with Crippen molar-refractivity contribution in [2.75, 3.05) is 0 Å². The highest BCUT2D eigenvalue weighted by Gasteiger charge is 2.18. The first kappa shape index (κ1) is 28.1. The third-order valence-electron chi connectivity index (χ3n) is 10.5. The Kier molecular flexibility index (Phi) is 6.09. The minimum absolute atomic E-state index is 1.23. The van der Waals surface area contributed by atoms with E-state index in [1.165, 1.54) is 106 Å². The SMILES string of the molecule is c1ccc(-c2c3ccccc3c(-c3ccc(-c4ccc5c(ccc6c5sc5ccc7c8ccccc8sc7c56)c4)cc3)c3ccccc23)cc1. The van der Waals surface area contributed by atoms with Gasteiger partial charge in [0.15, 0.2) is 0 Å². The molecule has 2 aromatic heterocycles. The summed E-state index contributed by atoms with van der Waals surface area (Å²) >= 11 is 3.85. The van der Waals surface area contributed by atoms with Gasteiger partial charge in [-0.15, -0.1) is 22.7 Å². The zero-order valence-corrected chi connectivity index (χ0v) is 28.6. The Balaban J connectivity index is 1.03. The molecule has 11 rings (SSSR count). The summed E-state index contributed by atoms with van der Waals surface area (Å²) in [6.07, 6.45) is 0. The summed E-state index contributed by atoms with van der Waals surface area (Å²) in [5, 5.41) is 13.2. The molecule has 0 nitrogen and oxygen atoms in total. The molecule has 2 heteroatoms. The van der Waals surface area contributed by atoms with Gasteiger partial charge in [0.25, 0.3) is 0 Å². The molecule has 50 heavy (non-hydrogen) atoms. The molecule has 0 bridgehead atoms. The van der Waals surface area contributed by atoms with Crippen molar-refractivity contribution in [1.82, 2.24) is 0 Å². The zero-order chi connectivity index (χ0) is 32.8. The van der Waals surface area contributed by atoms with Crippen LogP contribution in [0.5, 0.6) is 0 Å². The molecule has 9 aromatic carbocycles. The van der Waals surface area contributed by atoms with E-state index in [1.54, 1.807) is 0 Å². The molecule has 0 aliphatic carbocycles. The molecule has 0 aliphatic heterocycles. The molecular formula is C48H28S2. The van der Waals surface area contributed by atoms with Crippen LogP contribution in [-0.2, 0) is 0 Å². The molecule has 0 aliphatic rings. The van der Waals surface area contributed by atoms with E-state index in [0.29, 0.717) is 0 Å². The second kappa shape index (κ2) is 10.9. The van der Waals surface area contributed by atoms with Gasteiger partial charge in [0.1, 0.15) is 0 Å². The van der Waals surface area contributed by atoms with Gasteiger partial charge < -0.3 is 0 Å². The van der Waals surface area contributed by atoms with Crippen LogP contribution in [0.4, 0.5) is 0 Å². The predicted molar refractivity (Wildman–Crippen MR) is 221 cm³/mol. The van der Waals surface area contributed by atoms with Gasteiger partial charge in [-0.2, -0.15) is 0 Å². The van der Waals surface area contributed by atoms with Crippen molar-refractivity contribution in [2.24, 2.45) is 0 Å². The Labute approximate surface area is 297 Å². The van der Waals surface area contributed by atoms with E-state index in [9.17, 15) is 0 Å². The van der Waals surface area contributed by atoms with E-state index >= 15 is 0 Å². The maximum absolute atomic E-state index is 2.36. The van der Waals surface area contributed by atoms with Crippen molar-refractivity contribution in [3.63, 3.8) is 0 Å². The van der Waals surface area contributed by atoms with Crippen LogP contribution in [0.1, 0.15) is 0 Å². The summed E-state index contributed by atoms with van der Waals surface area (Å²) in [7, 11) is 0. The first-order chi connectivity index (χ1) is 24.8. The minimum Gasteiger partial charge on any atom is -0.134 e. The maximum Gasteiger partial charge on any atom is 0.0448 e. The molecular weight excluding hydrogens is 641 g/mol. The molecule has 0 N–H and O–H groups in total. The van der Waals surface area contributed by atoms with E-state index in [1.807, 2.05) is 22.7 Å². The predicted octanol–water partition coefficient (Wildman–Crippen LogP) is 14.9. The smallest absolute Gasteiger partial charge is 0.0448 e. The molecule has 0 unspecified atom stereocenters. The molecule has 0 amide bonds. The Bertz CT molecular complexity index is 3070. The van der Waals surface area contributed by atoms with Crippen LogP contribution in [-0.4, -0.2) is 0 Å². The quantitative estimate of drug-likeness (QED) is 0.164. The number of thiophene rings is 2. The molecule has 11 aromatic rings. The first-order valence-electron chi connectivity index (χ1n) is 17.1. The van der Waals surface area contributed by atoms with E-state index in [0.717, 1.165) is 0 Å². The highest BCUT2D eigenvalue weighted by Crippen LogP contribution is 2.47. The molecule has 232 valence electrons. The van der Waals surface area contributed by atoms with Crippen LogP contribution in [0, 0.1) is 0 Å². The summed E-state index contributed by atoms with van der Waals surface area (Å²) in [5.41, 5.74) is 7.55. The molecule has 0 saturated carbocycles. The average Bonchev–Trinajstić information content (AvgIpc) is 3.76. The summed E-state index contributed by atoms with van der Waals surface area (Å²) in [4.78, 5) is 0. The molecule has 0 radical (unpaired) electrons. The van der Waals surface area contributed by atoms with Crippen molar-refractivity contribution in [3.05, 3.63) is 170 Å². The largest absolute Gasteiger partial charge is 0.134 e. The lowest BCUT2D eigenvalue weighted by molar-refractivity contribution is 1.63. The van der Waals surface area contributed by atoms with Crippen LogP contribution < -0.4 is 0 Å². The number of hydrogen-bond donors (Lipinski definition) is 0. The molecule has 2 heterocycles. The van der Waals surface area contributed by atoms with E-state index < -0.39 is 0 Å². The lowest BCUT2D eigenvalue weighted by atomic mass is 9.85. The fourth-order valence-electron chi connectivity index (χ4n) is 8.19. The number of fused-ring (bicyclic) bond motifs is 11. The lowest BCUT2D eigenvalue weighted by Gasteiger charge is -2.18. The number of hydrogen-bond acceptors (Lipinski definition) is 2. The summed E-state index contributed by atoms with van der Waals surface area (Å²) < 4.78 is 5.50. The average molecular weight is 669 g/mol. The van der Waals surface area contributed by atoms with Crippen molar-refractivity contribution >= 4 is 95.3 Å². The normalized spacial score (nSPS) is 12.0. The third kappa shape index (κ3) is 4.10. The van der Waals surface area contributed by atoms with Crippen molar-refractivity contribution < 1.29 is 0 Å². The monoisotopic (exact) mass is 668 g/mol. The maximum atomic E-state index is 2.36. The minimum atomic E-state index is 1.23. The Hall–Kier alpha value is -5.80. The van der Waals surface area contributed by atoms with Gasteiger partial charge in [0, 0.05) is 40.3 Å². The van der Waals surface area contributed by atoms with Crippen LogP contribution in [0.2, 0.25) is 0 Å². The third-order valence-corrected chi connectivity index (χ3v) is 12.9. The molecule has 0 fully saturated rings. The fourth-order valence-corrected chi connectivity index (χ4v) is 10.8. The highest BCUT2D eigenvalue weighted by atomic mass is 32.1. The molecule has 0 spiro atoms. The van der Waals surface area contributed by atoms with Gasteiger partial charge in [0.05, 0.1) is 0 Å². The van der Waals surface area contributed by atoms with Gasteiger partial charge in [-0.05, 0) is 83.9 Å². The van der Waals surface area contributed by atoms with Gasteiger partial charge in [0.2, 0.25) is 0 Å². The van der Waals surface area contributed by atoms with Crippen LogP contribution in [0.3, 0.4) is 0 Å². The molecule has 0 saturated heterocycles. The second-order valence-electron chi connectivity index (χ2n) is 13.2.